The Morgan fingerprint density at radius 3 is 2.57 bits per heavy atom. The van der Waals surface area contributed by atoms with Gasteiger partial charge < -0.3 is 20.1 Å². The standard InChI is InChI=1S/C14H18F2N2O3/c1-17-12-10(15)5-9(6-11(12)16)13(19)18-7-14(20-2)3-4-21-8-14/h5-6,17H,3-4,7-8H2,1-2H3,(H,18,19). The normalized spacial score (nSPS) is 21.3. The average Bonchev–Trinajstić information content (AvgIpc) is 2.94. The lowest BCUT2D eigenvalue weighted by Crippen LogP contribution is -2.45. The quantitative estimate of drug-likeness (QED) is 0.866. The number of hydrogen-bond acceptors (Lipinski definition) is 4. The van der Waals surface area contributed by atoms with Crippen molar-refractivity contribution in [3.63, 3.8) is 0 Å². The zero-order valence-corrected chi connectivity index (χ0v) is 12.0. The van der Waals surface area contributed by atoms with Crippen LogP contribution in [0.2, 0.25) is 0 Å². The molecule has 5 nitrogen and oxygen atoms in total. The van der Waals surface area contributed by atoms with Crippen molar-refractivity contribution in [2.24, 2.45) is 0 Å². The first-order chi connectivity index (χ1) is 10.0. The van der Waals surface area contributed by atoms with E-state index in [1.807, 2.05) is 0 Å². The number of hydrogen-bond donors (Lipinski definition) is 2. The number of methoxy groups -OCH3 is 1. The fraction of sp³-hybridized carbons (Fsp3) is 0.500. The molecule has 2 rings (SSSR count). The molecule has 2 N–H and O–H groups in total. The van der Waals surface area contributed by atoms with E-state index in [-0.39, 0.29) is 17.8 Å². The van der Waals surface area contributed by atoms with E-state index < -0.39 is 23.1 Å². The third kappa shape index (κ3) is 3.30. The first-order valence-electron chi connectivity index (χ1n) is 6.59. The number of rotatable bonds is 5. The van der Waals surface area contributed by atoms with Crippen molar-refractivity contribution >= 4 is 11.6 Å². The molecule has 0 radical (unpaired) electrons. The molecule has 1 amide bonds. The van der Waals surface area contributed by atoms with Gasteiger partial charge in [0.05, 0.1) is 6.61 Å². The van der Waals surface area contributed by atoms with Crippen LogP contribution < -0.4 is 10.6 Å². The topological polar surface area (TPSA) is 59.6 Å². The van der Waals surface area contributed by atoms with Gasteiger partial charge in [0.25, 0.3) is 5.91 Å². The maximum Gasteiger partial charge on any atom is 0.251 e. The van der Waals surface area contributed by atoms with Crippen LogP contribution in [0.25, 0.3) is 0 Å². The maximum atomic E-state index is 13.6. The zero-order valence-electron chi connectivity index (χ0n) is 12.0. The molecule has 1 aromatic rings. The number of ether oxygens (including phenoxy) is 2. The van der Waals surface area contributed by atoms with Crippen molar-refractivity contribution in [1.29, 1.82) is 0 Å². The van der Waals surface area contributed by atoms with Crippen LogP contribution >= 0.6 is 0 Å². The first kappa shape index (κ1) is 15.7. The van der Waals surface area contributed by atoms with Crippen LogP contribution in [0.3, 0.4) is 0 Å². The number of nitrogens with one attached hydrogen (secondary N) is 2. The minimum absolute atomic E-state index is 0.0748. The Kier molecular flexibility index (Phi) is 4.74. The zero-order chi connectivity index (χ0) is 15.5. The van der Waals surface area contributed by atoms with Crippen LogP contribution in [0.1, 0.15) is 16.8 Å². The maximum absolute atomic E-state index is 13.6. The van der Waals surface area contributed by atoms with Gasteiger partial charge in [0.15, 0.2) is 0 Å². The Bertz CT molecular complexity index is 508. The van der Waals surface area contributed by atoms with Gasteiger partial charge in [-0.25, -0.2) is 8.78 Å². The van der Waals surface area contributed by atoms with Crippen molar-refractivity contribution in [3.8, 4) is 0 Å². The van der Waals surface area contributed by atoms with Gasteiger partial charge in [-0.15, -0.1) is 0 Å². The molecule has 21 heavy (non-hydrogen) atoms. The molecule has 1 saturated heterocycles. The molecule has 1 aliphatic rings. The Balaban J connectivity index is 2.07. The second-order valence-electron chi connectivity index (χ2n) is 4.94. The van der Waals surface area contributed by atoms with E-state index in [9.17, 15) is 13.6 Å². The summed E-state index contributed by atoms with van der Waals surface area (Å²) in [6.45, 7) is 1.16. The van der Waals surface area contributed by atoms with Gasteiger partial charge in [-0.2, -0.15) is 0 Å². The second kappa shape index (κ2) is 6.36. The summed E-state index contributed by atoms with van der Waals surface area (Å²) < 4.78 is 37.9. The summed E-state index contributed by atoms with van der Waals surface area (Å²) in [4.78, 5) is 12.0. The summed E-state index contributed by atoms with van der Waals surface area (Å²) in [5.74, 6) is -2.18. The molecular weight excluding hydrogens is 282 g/mol. The van der Waals surface area contributed by atoms with Crippen LogP contribution in [-0.2, 0) is 9.47 Å². The van der Waals surface area contributed by atoms with E-state index in [0.29, 0.717) is 19.6 Å². The first-order valence-corrected chi connectivity index (χ1v) is 6.59. The van der Waals surface area contributed by atoms with Gasteiger partial charge in [0, 0.05) is 39.3 Å². The molecule has 1 fully saturated rings. The third-order valence-electron chi connectivity index (χ3n) is 3.63. The SMILES string of the molecule is CNc1c(F)cc(C(=O)NCC2(OC)CCOC2)cc1F. The van der Waals surface area contributed by atoms with Crippen LogP contribution in [-0.4, -0.2) is 45.4 Å². The Labute approximate surface area is 121 Å². The highest BCUT2D eigenvalue weighted by Crippen LogP contribution is 2.23. The highest BCUT2D eigenvalue weighted by molar-refractivity contribution is 5.94. The van der Waals surface area contributed by atoms with E-state index >= 15 is 0 Å². The predicted molar refractivity (Wildman–Crippen MR) is 73.4 cm³/mol. The number of anilines is 1. The minimum atomic E-state index is -0.812. The second-order valence-corrected chi connectivity index (χ2v) is 4.94. The molecule has 1 unspecified atom stereocenters. The summed E-state index contributed by atoms with van der Waals surface area (Å²) in [7, 11) is 2.95. The molecule has 1 atom stereocenters. The third-order valence-corrected chi connectivity index (χ3v) is 3.63. The predicted octanol–water partition coefficient (Wildman–Crippen LogP) is 1.54. The van der Waals surface area contributed by atoms with E-state index in [0.717, 1.165) is 12.1 Å². The number of benzene rings is 1. The minimum Gasteiger partial charge on any atom is -0.383 e. The highest BCUT2D eigenvalue weighted by atomic mass is 19.1. The van der Waals surface area contributed by atoms with Gasteiger partial charge >= 0.3 is 0 Å². The average molecular weight is 300 g/mol. The van der Waals surface area contributed by atoms with Gasteiger partial charge in [0.2, 0.25) is 0 Å². The fourth-order valence-corrected chi connectivity index (χ4v) is 2.25. The van der Waals surface area contributed by atoms with Crippen molar-refractivity contribution < 1.29 is 23.0 Å². The number of amides is 1. The highest BCUT2D eigenvalue weighted by Gasteiger charge is 2.35. The monoisotopic (exact) mass is 300 g/mol. The van der Waals surface area contributed by atoms with Gasteiger partial charge in [-0.1, -0.05) is 0 Å². The van der Waals surface area contributed by atoms with Gasteiger partial charge in [-0.05, 0) is 12.1 Å². The summed E-state index contributed by atoms with van der Waals surface area (Å²) in [5.41, 5.74) is -0.907. The van der Waals surface area contributed by atoms with Crippen molar-refractivity contribution in [3.05, 3.63) is 29.3 Å². The largest absolute Gasteiger partial charge is 0.383 e. The van der Waals surface area contributed by atoms with Crippen LogP contribution in [0.4, 0.5) is 14.5 Å². The fourth-order valence-electron chi connectivity index (χ4n) is 2.25. The molecule has 0 saturated carbocycles. The Morgan fingerprint density at radius 2 is 2.10 bits per heavy atom. The molecular formula is C14H18F2N2O3. The van der Waals surface area contributed by atoms with E-state index in [1.54, 1.807) is 7.11 Å². The Hall–Kier alpha value is -1.73. The molecule has 7 heteroatoms. The number of halogens is 2. The van der Waals surface area contributed by atoms with Crippen LogP contribution in [0.5, 0.6) is 0 Å². The lowest BCUT2D eigenvalue weighted by Gasteiger charge is -2.25. The smallest absolute Gasteiger partial charge is 0.251 e. The van der Waals surface area contributed by atoms with Crippen molar-refractivity contribution in [2.75, 3.05) is 39.2 Å². The molecule has 116 valence electrons. The van der Waals surface area contributed by atoms with Crippen LogP contribution in [0.15, 0.2) is 12.1 Å². The van der Waals surface area contributed by atoms with Gasteiger partial charge in [-0.3, -0.25) is 4.79 Å². The summed E-state index contributed by atoms with van der Waals surface area (Å²) in [6, 6.07) is 1.99. The molecule has 1 aliphatic heterocycles. The van der Waals surface area contributed by atoms with E-state index in [1.165, 1.54) is 7.05 Å². The van der Waals surface area contributed by atoms with Gasteiger partial charge in [0.1, 0.15) is 22.9 Å². The van der Waals surface area contributed by atoms with Crippen LogP contribution in [0, 0.1) is 11.6 Å². The molecule has 1 heterocycles. The Morgan fingerprint density at radius 1 is 1.43 bits per heavy atom. The van der Waals surface area contributed by atoms with Crippen molar-refractivity contribution in [2.45, 2.75) is 12.0 Å². The molecule has 0 aliphatic carbocycles. The van der Waals surface area contributed by atoms with Crippen molar-refractivity contribution in [1.82, 2.24) is 5.32 Å². The van der Waals surface area contributed by atoms with E-state index in [4.69, 9.17) is 9.47 Å². The lowest BCUT2D eigenvalue weighted by molar-refractivity contribution is -0.0148. The molecule has 0 spiro atoms. The molecule has 1 aromatic carbocycles. The lowest BCUT2D eigenvalue weighted by atomic mass is 10.0. The number of carbonyl (C=O) groups excluding carboxylic acids is 1. The summed E-state index contributed by atoms with van der Waals surface area (Å²) in [6.07, 6.45) is 0.658. The van der Waals surface area contributed by atoms with E-state index in [2.05, 4.69) is 10.6 Å². The summed E-state index contributed by atoms with van der Waals surface area (Å²) in [5, 5.41) is 5.03. The molecule has 0 bridgehead atoms. The molecule has 0 aromatic heterocycles. The number of carbonyl (C=O) groups is 1. The summed E-state index contributed by atoms with van der Waals surface area (Å²) >= 11 is 0.